The van der Waals surface area contributed by atoms with E-state index < -0.39 is 18.7 Å². The zero-order chi connectivity index (χ0) is 11.5. The van der Waals surface area contributed by atoms with Gasteiger partial charge >= 0.3 is 0 Å². The Hall–Kier alpha value is -1.42. The van der Waals surface area contributed by atoms with Crippen LogP contribution in [0, 0.1) is 5.92 Å². The van der Waals surface area contributed by atoms with Crippen molar-refractivity contribution in [1.82, 2.24) is 4.90 Å². The normalized spacial score (nSPS) is 25.1. The molecule has 0 saturated carbocycles. The highest BCUT2D eigenvalue weighted by atomic mass is 19.1. The van der Waals surface area contributed by atoms with Gasteiger partial charge in [-0.3, -0.25) is 9.18 Å². The number of hydrogen-bond donors (Lipinski definition) is 1. The van der Waals surface area contributed by atoms with E-state index in [1.807, 2.05) is 30.3 Å². The number of nitrogens with zero attached hydrogens (tertiary/aromatic N) is 1. The van der Waals surface area contributed by atoms with Crippen LogP contribution >= 0.6 is 0 Å². The Kier molecular flexibility index (Phi) is 3.19. The third-order valence-electron chi connectivity index (χ3n) is 2.88. The topological polar surface area (TPSA) is 40.5 Å². The Bertz CT molecular complexity index is 369. The van der Waals surface area contributed by atoms with Gasteiger partial charge < -0.3 is 10.0 Å². The molecule has 0 aliphatic carbocycles. The second-order valence-electron chi connectivity index (χ2n) is 4.06. The first-order valence-corrected chi connectivity index (χ1v) is 5.29. The summed E-state index contributed by atoms with van der Waals surface area (Å²) in [6.07, 6.45) is -1.17. The number of carbonyl (C=O) groups excluding carboxylic acids is 1. The first-order chi connectivity index (χ1) is 7.72. The molecule has 1 aliphatic rings. The minimum Gasteiger partial charge on any atom is -0.383 e. The highest BCUT2D eigenvalue weighted by molar-refractivity contribution is 5.83. The minimum absolute atomic E-state index is 0.297. The van der Waals surface area contributed by atoms with E-state index in [1.165, 1.54) is 4.90 Å². The first-order valence-electron chi connectivity index (χ1n) is 5.29. The fourth-order valence-electron chi connectivity index (χ4n) is 1.94. The molecule has 1 aromatic rings. The molecular weight excluding hydrogens is 209 g/mol. The van der Waals surface area contributed by atoms with Gasteiger partial charge in [-0.05, 0) is 5.56 Å². The van der Waals surface area contributed by atoms with Crippen LogP contribution in [0.5, 0.6) is 0 Å². The Labute approximate surface area is 93.5 Å². The molecule has 1 saturated heterocycles. The van der Waals surface area contributed by atoms with Gasteiger partial charge in [0.1, 0.15) is 6.10 Å². The molecule has 1 aliphatic heterocycles. The van der Waals surface area contributed by atoms with Crippen LogP contribution in [0.4, 0.5) is 4.39 Å². The van der Waals surface area contributed by atoms with Crippen LogP contribution in [-0.4, -0.2) is 35.2 Å². The van der Waals surface area contributed by atoms with Crippen molar-refractivity contribution in [3.63, 3.8) is 0 Å². The molecule has 3 nitrogen and oxygen atoms in total. The van der Waals surface area contributed by atoms with Crippen molar-refractivity contribution in [3.8, 4) is 0 Å². The Morgan fingerprint density at radius 2 is 2.06 bits per heavy atom. The summed E-state index contributed by atoms with van der Waals surface area (Å²) in [5.41, 5.74) is 0.988. The molecule has 16 heavy (non-hydrogen) atoms. The summed E-state index contributed by atoms with van der Waals surface area (Å²) in [6, 6.07) is 9.48. The van der Waals surface area contributed by atoms with Crippen LogP contribution < -0.4 is 0 Å². The first kappa shape index (κ1) is 11.1. The number of aliphatic hydroxyl groups excluding tert-OH is 1. The van der Waals surface area contributed by atoms with Gasteiger partial charge in [-0.1, -0.05) is 30.3 Å². The summed E-state index contributed by atoms with van der Waals surface area (Å²) < 4.78 is 12.5. The Balaban J connectivity index is 2.04. The van der Waals surface area contributed by atoms with Gasteiger partial charge in [0.15, 0.2) is 0 Å². The number of aliphatic hydroxyl groups is 1. The van der Waals surface area contributed by atoms with Crippen molar-refractivity contribution in [1.29, 1.82) is 0 Å². The lowest BCUT2D eigenvalue weighted by Crippen LogP contribution is -2.29. The molecule has 1 amide bonds. The number of halogens is 1. The van der Waals surface area contributed by atoms with Gasteiger partial charge in [0.2, 0.25) is 0 Å². The summed E-state index contributed by atoms with van der Waals surface area (Å²) in [7, 11) is 0. The highest BCUT2D eigenvalue weighted by Gasteiger charge is 2.38. The van der Waals surface area contributed by atoms with E-state index in [0.29, 0.717) is 13.1 Å². The molecule has 0 unspecified atom stereocenters. The molecule has 1 heterocycles. The number of benzene rings is 1. The van der Waals surface area contributed by atoms with Crippen molar-refractivity contribution in [2.75, 3.05) is 13.2 Å². The second kappa shape index (κ2) is 4.61. The minimum atomic E-state index is -1.17. The maximum atomic E-state index is 12.5. The zero-order valence-electron chi connectivity index (χ0n) is 8.84. The van der Waals surface area contributed by atoms with Crippen LogP contribution in [0.3, 0.4) is 0 Å². The van der Waals surface area contributed by atoms with E-state index in [9.17, 15) is 14.3 Å². The molecule has 0 bridgehead atoms. The number of hydrogen-bond acceptors (Lipinski definition) is 2. The molecule has 1 fully saturated rings. The van der Waals surface area contributed by atoms with Gasteiger partial charge in [0.05, 0.1) is 6.67 Å². The van der Waals surface area contributed by atoms with Gasteiger partial charge in [-0.15, -0.1) is 0 Å². The van der Waals surface area contributed by atoms with Gasteiger partial charge in [0.25, 0.3) is 5.91 Å². The number of amides is 1. The van der Waals surface area contributed by atoms with E-state index in [1.54, 1.807) is 0 Å². The molecule has 2 rings (SSSR count). The third-order valence-corrected chi connectivity index (χ3v) is 2.88. The standard InChI is InChI=1S/C12H14FNO2/c13-6-10-8-14(12(16)11(10)15)7-9-4-2-1-3-5-9/h1-5,10-11,15H,6-8H2/t10-,11+/m0/s1. The summed E-state index contributed by atoms with van der Waals surface area (Å²) >= 11 is 0. The summed E-state index contributed by atoms with van der Waals surface area (Å²) in [4.78, 5) is 13.1. The molecule has 0 radical (unpaired) electrons. The van der Waals surface area contributed by atoms with Crippen molar-refractivity contribution in [2.24, 2.45) is 5.92 Å². The van der Waals surface area contributed by atoms with Crippen LogP contribution in [0.2, 0.25) is 0 Å². The van der Waals surface area contributed by atoms with E-state index in [2.05, 4.69) is 0 Å². The Morgan fingerprint density at radius 1 is 1.38 bits per heavy atom. The lowest BCUT2D eigenvalue weighted by molar-refractivity contribution is -0.135. The fourth-order valence-corrected chi connectivity index (χ4v) is 1.94. The second-order valence-corrected chi connectivity index (χ2v) is 4.06. The summed E-state index contributed by atoms with van der Waals surface area (Å²) in [6.45, 7) is 0.0802. The molecule has 0 spiro atoms. The van der Waals surface area contributed by atoms with Crippen LogP contribution in [0.25, 0.3) is 0 Å². The molecule has 86 valence electrons. The maximum Gasteiger partial charge on any atom is 0.252 e. The SMILES string of the molecule is O=C1[C@H](O)[C@@H](CF)CN1Cc1ccccc1. The number of likely N-dealkylation sites (tertiary alicyclic amines) is 1. The maximum absolute atomic E-state index is 12.5. The number of alkyl halides is 1. The van der Waals surface area contributed by atoms with E-state index in [4.69, 9.17) is 0 Å². The van der Waals surface area contributed by atoms with E-state index >= 15 is 0 Å². The number of carbonyl (C=O) groups is 1. The van der Waals surface area contributed by atoms with E-state index in [-0.39, 0.29) is 5.91 Å². The highest BCUT2D eigenvalue weighted by Crippen LogP contribution is 2.21. The molecule has 2 atom stereocenters. The summed E-state index contributed by atoms with van der Waals surface area (Å²) in [5, 5.41) is 9.47. The Morgan fingerprint density at radius 3 is 2.62 bits per heavy atom. The zero-order valence-corrected chi connectivity index (χ0v) is 8.84. The van der Waals surface area contributed by atoms with Crippen molar-refractivity contribution >= 4 is 5.91 Å². The lowest BCUT2D eigenvalue weighted by Gasteiger charge is -2.15. The summed E-state index contributed by atoms with van der Waals surface area (Å²) in [5.74, 6) is -0.942. The predicted octanol–water partition coefficient (Wildman–Crippen LogP) is 0.975. The molecule has 0 aromatic heterocycles. The van der Waals surface area contributed by atoms with Crippen LogP contribution in [0.1, 0.15) is 5.56 Å². The molecular formula is C12H14FNO2. The van der Waals surface area contributed by atoms with Crippen molar-refractivity contribution in [2.45, 2.75) is 12.6 Å². The van der Waals surface area contributed by atoms with Crippen molar-refractivity contribution in [3.05, 3.63) is 35.9 Å². The fraction of sp³-hybridized carbons (Fsp3) is 0.417. The molecule has 4 heteroatoms. The third kappa shape index (κ3) is 2.07. The van der Waals surface area contributed by atoms with Crippen LogP contribution in [-0.2, 0) is 11.3 Å². The predicted molar refractivity (Wildman–Crippen MR) is 57.3 cm³/mol. The van der Waals surface area contributed by atoms with Gasteiger partial charge in [-0.2, -0.15) is 0 Å². The molecule has 1 aromatic carbocycles. The lowest BCUT2D eigenvalue weighted by atomic mass is 10.1. The number of rotatable bonds is 3. The quantitative estimate of drug-likeness (QED) is 0.829. The van der Waals surface area contributed by atoms with Crippen molar-refractivity contribution < 1.29 is 14.3 Å². The van der Waals surface area contributed by atoms with Gasteiger partial charge in [-0.25, -0.2) is 0 Å². The monoisotopic (exact) mass is 223 g/mol. The average Bonchev–Trinajstić information content (AvgIpc) is 2.58. The van der Waals surface area contributed by atoms with E-state index in [0.717, 1.165) is 5.56 Å². The average molecular weight is 223 g/mol. The van der Waals surface area contributed by atoms with Crippen LogP contribution in [0.15, 0.2) is 30.3 Å². The molecule has 1 N–H and O–H groups in total. The van der Waals surface area contributed by atoms with Gasteiger partial charge in [0, 0.05) is 19.0 Å². The smallest absolute Gasteiger partial charge is 0.252 e. The largest absolute Gasteiger partial charge is 0.383 e.